The van der Waals surface area contributed by atoms with Crippen molar-refractivity contribution in [3.8, 4) is 5.75 Å². The molecule has 3 rings (SSSR count). The second-order valence-corrected chi connectivity index (χ2v) is 5.77. The molecule has 0 saturated carbocycles. The molecule has 0 N–H and O–H groups in total. The summed E-state index contributed by atoms with van der Waals surface area (Å²) in [6.45, 7) is 5.98. The van der Waals surface area contributed by atoms with Crippen LogP contribution in [0.3, 0.4) is 0 Å². The summed E-state index contributed by atoms with van der Waals surface area (Å²) in [5, 5.41) is 0. The first-order chi connectivity index (χ1) is 8.65. The molecule has 1 aromatic heterocycles. The van der Waals surface area contributed by atoms with Crippen LogP contribution in [0.15, 0.2) is 28.7 Å². The van der Waals surface area contributed by atoms with Gasteiger partial charge in [-0.3, -0.25) is 0 Å². The maximum atomic E-state index is 5.78. The maximum Gasteiger partial charge on any atom is 0.127 e. The Morgan fingerprint density at radius 1 is 1.22 bits per heavy atom. The van der Waals surface area contributed by atoms with Crippen LogP contribution in [0, 0.1) is 13.8 Å². The molecule has 0 saturated heterocycles. The molecule has 0 radical (unpaired) electrons. The number of hydrogen-bond donors (Lipinski definition) is 0. The molecule has 0 unspecified atom stereocenters. The van der Waals surface area contributed by atoms with E-state index in [2.05, 4.69) is 58.6 Å². The zero-order valence-corrected chi connectivity index (χ0v) is 12.3. The summed E-state index contributed by atoms with van der Waals surface area (Å²) in [5.74, 6) is 1.09. The van der Waals surface area contributed by atoms with E-state index in [1.54, 1.807) is 0 Å². The largest absolute Gasteiger partial charge is 0.493 e. The van der Waals surface area contributed by atoms with Gasteiger partial charge in [-0.1, -0.05) is 15.9 Å². The van der Waals surface area contributed by atoms with Crippen molar-refractivity contribution in [3.05, 3.63) is 51.3 Å². The minimum atomic E-state index is 0.808. The fourth-order valence-corrected chi connectivity index (χ4v) is 3.14. The molecule has 2 heterocycles. The van der Waals surface area contributed by atoms with E-state index in [0.29, 0.717) is 0 Å². The summed E-state index contributed by atoms with van der Waals surface area (Å²) >= 11 is 3.59. The molecule has 0 aliphatic carbocycles. The monoisotopic (exact) mass is 305 g/mol. The summed E-state index contributed by atoms with van der Waals surface area (Å²) in [6, 6.07) is 8.66. The Morgan fingerprint density at radius 3 is 2.67 bits per heavy atom. The lowest BCUT2D eigenvalue weighted by molar-refractivity contribution is 0.352. The number of ether oxygens (including phenoxy) is 1. The van der Waals surface area contributed by atoms with Crippen LogP contribution in [0.5, 0.6) is 5.75 Å². The van der Waals surface area contributed by atoms with Crippen molar-refractivity contribution in [2.75, 3.05) is 6.61 Å². The molecule has 1 aromatic carbocycles. The van der Waals surface area contributed by atoms with Crippen molar-refractivity contribution in [3.63, 3.8) is 0 Å². The molecule has 2 nitrogen and oxygen atoms in total. The second-order valence-electron chi connectivity index (χ2n) is 4.85. The Bertz CT molecular complexity index is 581. The van der Waals surface area contributed by atoms with Crippen LogP contribution in [0.1, 0.15) is 22.5 Å². The quantitative estimate of drug-likeness (QED) is 0.822. The van der Waals surface area contributed by atoms with Gasteiger partial charge in [0, 0.05) is 27.8 Å². The van der Waals surface area contributed by atoms with Crippen LogP contribution in [0.25, 0.3) is 0 Å². The Morgan fingerprint density at radius 2 is 1.94 bits per heavy atom. The molecule has 3 heteroatoms. The van der Waals surface area contributed by atoms with Gasteiger partial charge in [0.1, 0.15) is 5.75 Å². The van der Waals surface area contributed by atoms with Gasteiger partial charge in [-0.15, -0.1) is 0 Å². The Balaban J connectivity index is 2.03. The van der Waals surface area contributed by atoms with Crippen molar-refractivity contribution in [1.82, 2.24) is 4.57 Å². The van der Waals surface area contributed by atoms with Gasteiger partial charge in [-0.05, 0) is 43.7 Å². The minimum absolute atomic E-state index is 0.808. The van der Waals surface area contributed by atoms with Gasteiger partial charge in [0.2, 0.25) is 0 Å². The Kier molecular flexibility index (Phi) is 2.94. The van der Waals surface area contributed by atoms with Crippen molar-refractivity contribution in [2.24, 2.45) is 0 Å². The third kappa shape index (κ3) is 1.97. The molecular formula is C15H16BrNO. The third-order valence-corrected chi connectivity index (χ3v) is 4.03. The predicted octanol–water partition coefficient (Wildman–Crippen LogP) is 3.85. The van der Waals surface area contributed by atoms with E-state index in [1.165, 1.54) is 22.5 Å². The van der Waals surface area contributed by atoms with Gasteiger partial charge < -0.3 is 9.30 Å². The molecule has 0 bridgehead atoms. The molecule has 94 valence electrons. The molecule has 18 heavy (non-hydrogen) atoms. The summed E-state index contributed by atoms with van der Waals surface area (Å²) in [5.41, 5.74) is 5.17. The number of aryl methyl sites for hydroxylation is 2. The van der Waals surface area contributed by atoms with Crippen LogP contribution in [0.4, 0.5) is 0 Å². The van der Waals surface area contributed by atoms with Crippen molar-refractivity contribution < 1.29 is 4.74 Å². The second kappa shape index (κ2) is 4.47. The highest BCUT2D eigenvalue weighted by molar-refractivity contribution is 9.10. The average molecular weight is 306 g/mol. The smallest absolute Gasteiger partial charge is 0.127 e. The van der Waals surface area contributed by atoms with Crippen LogP contribution in [-0.2, 0) is 13.0 Å². The van der Waals surface area contributed by atoms with Gasteiger partial charge >= 0.3 is 0 Å². The Hall–Kier alpha value is -1.22. The fourth-order valence-electron chi connectivity index (χ4n) is 2.58. The van der Waals surface area contributed by atoms with E-state index in [4.69, 9.17) is 4.74 Å². The van der Waals surface area contributed by atoms with E-state index >= 15 is 0 Å². The summed E-state index contributed by atoms with van der Waals surface area (Å²) in [7, 11) is 0. The topological polar surface area (TPSA) is 14.2 Å². The van der Waals surface area contributed by atoms with E-state index < -0.39 is 0 Å². The van der Waals surface area contributed by atoms with Crippen molar-refractivity contribution in [1.29, 1.82) is 0 Å². The summed E-state index contributed by atoms with van der Waals surface area (Å²) in [6.07, 6.45) is 1.02. The number of rotatable bonds is 2. The van der Waals surface area contributed by atoms with Gasteiger partial charge in [0.05, 0.1) is 13.2 Å². The first-order valence-electron chi connectivity index (χ1n) is 6.22. The highest BCUT2D eigenvalue weighted by Crippen LogP contribution is 2.33. The maximum absolute atomic E-state index is 5.78. The molecule has 2 aromatic rings. The third-order valence-electron chi connectivity index (χ3n) is 3.57. The van der Waals surface area contributed by atoms with Crippen LogP contribution in [-0.4, -0.2) is 11.2 Å². The van der Waals surface area contributed by atoms with Crippen LogP contribution < -0.4 is 4.74 Å². The molecule has 0 atom stereocenters. The van der Waals surface area contributed by atoms with Crippen LogP contribution >= 0.6 is 15.9 Å². The number of hydrogen-bond acceptors (Lipinski definition) is 1. The normalized spacial score (nSPS) is 13.5. The predicted molar refractivity (Wildman–Crippen MR) is 76.3 cm³/mol. The van der Waals surface area contributed by atoms with Gasteiger partial charge in [-0.25, -0.2) is 0 Å². The molecule has 0 spiro atoms. The molecule has 1 aliphatic rings. The van der Waals surface area contributed by atoms with Crippen molar-refractivity contribution >= 4 is 15.9 Å². The fraction of sp³-hybridized carbons (Fsp3) is 0.333. The van der Waals surface area contributed by atoms with Crippen LogP contribution in [0.2, 0.25) is 0 Å². The minimum Gasteiger partial charge on any atom is -0.493 e. The molecular weight excluding hydrogens is 290 g/mol. The first kappa shape index (κ1) is 11.8. The Labute approximate surface area is 116 Å². The van der Waals surface area contributed by atoms with E-state index in [9.17, 15) is 0 Å². The molecule has 0 amide bonds. The highest BCUT2D eigenvalue weighted by Gasteiger charge is 2.18. The highest BCUT2D eigenvalue weighted by atomic mass is 79.9. The summed E-state index contributed by atoms with van der Waals surface area (Å²) in [4.78, 5) is 0. The number of fused-ring (bicyclic) bond motifs is 1. The van der Waals surface area contributed by atoms with E-state index in [-0.39, 0.29) is 0 Å². The average Bonchev–Trinajstić information content (AvgIpc) is 2.90. The number of benzene rings is 1. The zero-order chi connectivity index (χ0) is 12.7. The van der Waals surface area contributed by atoms with Gasteiger partial charge in [-0.2, -0.15) is 0 Å². The lowest BCUT2D eigenvalue weighted by Crippen LogP contribution is -2.05. The number of nitrogens with zero attached hydrogens (tertiary/aromatic N) is 1. The van der Waals surface area contributed by atoms with E-state index in [0.717, 1.165) is 29.8 Å². The molecule has 0 fully saturated rings. The lowest BCUT2D eigenvalue weighted by atomic mass is 10.1. The van der Waals surface area contributed by atoms with Crippen molar-refractivity contribution in [2.45, 2.75) is 26.8 Å². The number of halogens is 1. The van der Waals surface area contributed by atoms with Gasteiger partial charge in [0.15, 0.2) is 0 Å². The molecule has 1 aliphatic heterocycles. The number of aromatic nitrogens is 1. The first-order valence-corrected chi connectivity index (χ1v) is 7.01. The standard InChI is InChI=1S/C15H16BrNO/c1-10-3-4-11(2)17(10)9-13-8-14(16)7-12-5-6-18-15(12)13/h3-4,7-8H,5-6,9H2,1-2H3. The summed E-state index contributed by atoms with van der Waals surface area (Å²) < 4.78 is 9.24. The SMILES string of the molecule is Cc1ccc(C)n1Cc1cc(Br)cc2c1OCC2. The lowest BCUT2D eigenvalue weighted by Gasteiger charge is -2.13. The zero-order valence-electron chi connectivity index (χ0n) is 10.7. The van der Waals surface area contributed by atoms with Gasteiger partial charge in [0.25, 0.3) is 0 Å². The van der Waals surface area contributed by atoms with E-state index in [1.807, 2.05) is 0 Å².